The van der Waals surface area contributed by atoms with Crippen molar-refractivity contribution >= 4 is 0 Å². The third kappa shape index (κ3) is 3.77. The molecule has 1 aromatic carbocycles. The number of hydrogen-bond acceptors (Lipinski definition) is 1. The van der Waals surface area contributed by atoms with E-state index in [1.54, 1.807) is 0 Å². The van der Waals surface area contributed by atoms with Gasteiger partial charge < -0.3 is 5.73 Å². The SMILES string of the molecule is NC1CCCCC(Cc2cc(F)cc(F)c2)C1. The number of halogens is 2. The first kappa shape index (κ1) is 12.5. The van der Waals surface area contributed by atoms with Crippen LogP contribution in [0.3, 0.4) is 0 Å². The van der Waals surface area contributed by atoms with Crippen molar-refractivity contribution in [2.75, 3.05) is 0 Å². The minimum Gasteiger partial charge on any atom is -0.328 e. The van der Waals surface area contributed by atoms with Gasteiger partial charge in [0, 0.05) is 12.1 Å². The molecule has 0 spiro atoms. The van der Waals surface area contributed by atoms with Gasteiger partial charge in [0.15, 0.2) is 0 Å². The summed E-state index contributed by atoms with van der Waals surface area (Å²) in [5.74, 6) is -0.510. The largest absolute Gasteiger partial charge is 0.328 e. The first-order valence-corrected chi connectivity index (χ1v) is 6.34. The summed E-state index contributed by atoms with van der Waals surface area (Å²) in [6.07, 6.45) is 6.26. The van der Waals surface area contributed by atoms with E-state index in [9.17, 15) is 8.78 Å². The molecule has 3 heteroatoms. The molecule has 1 fully saturated rings. The standard InChI is InChI=1S/C14H19F2N/c15-12-6-11(7-13(16)9-12)5-10-3-1-2-4-14(17)8-10/h6-7,9-10,14H,1-5,8,17H2. The van der Waals surface area contributed by atoms with Crippen LogP contribution in [-0.4, -0.2) is 6.04 Å². The van der Waals surface area contributed by atoms with Crippen molar-refractivity contribution in [3.8, 4) is 0 Å². The van der Waals surface area contributed by atoms with E-state index in [0.717, 1.165) is 37.3 Å². The van der Waals surface area contributed by atoms with Crippen LogP contribution in [0.5, 0.6) is 0 Å². The molecule has 0 aromatic heterocycles. The average Bonchev–Trinajstić information content (AvgIpc) is 2.41. The molecule has 2 unspecified atom stereocenters. The van der Waals surface area contributed by atoms with Crippen molar-refractivity contribution in [2.24, 2.45) is 11.7 Å². The lowest BCUT2D eigenvalue weighted by Crippen LogP contribution is -2.22. The summed E-state index contributed by atoms with van der Waals surface area (Å²) >= 11 is 0. The highest BCUT2D eigenvalue weighted by Crippen LogP contribution is 2.26. The fourth-order valence-electron chi connectivity index (χ4n) is 2.75. The molecule has 1 aliphatic carbocycles. The second-order valence-corrected chi connectivity index (χ2v) is 5.13. The molecule has 2 rings (SSSR count). The van der Waals surface area contributed by atoms with Crippen molar-refractivity contribution < 1.29 is 8.78 Å². The molecule has 1 nitrogen and oxygen atoms in total. The van der Waals surface area contributed by atoms with Crippen LogP contribution in [-0.2, 0) is 6.42 Å². The van der Waals surface area contributed by atoms with Crippen LogP contribution in [0.15, 0.2) is 18.2 Å². The number of nitrogens with two attached hydrogens (primary N) is 1. The molecule has 0 heterocycles. The Labute approximate surface area is 101 Å². The van der Waals surface area contributed by atoms with Crippen LogP contribution in [0, 0.1) is 17.6 Å². The molecule has 2 atom stereocenters. The molecule has 0 amide bonds. The maximum atomic E-state index is 13.1. The van der Waals surface area contributed by atoms with Crippen LogP contribution in [0.25, 0.3) is 0 Å². The van der Waals surface area contributed by atoms with Crippen LogP contribution in [0.1, 0.15) is 37.7 Å². The van der Waals surface area contributed by atoms with Gasteiger partial charge in [0.2, 0.25) is 0 Å². The van der Waals surface area contributed by atoms with Gasteiger partial charge >= 0.3 is 0 Å². The first-order valence-electron chi connectivity index (χ1n) is 6.34. The van der Waals surface area contributed by atoms with Gasteiger partial charge in [-0.3, -0.25) is 0 Å². The second kappa shape index (κ2) is 5.58. The van der Waals surface area contributed by atoms with Gasteiger partial charge in [0.05, 0.1) is 0 Å². The van der Waals surface area contributed by atoms with Crippen LogP contribution in [0.4, 0.5) is 8.78 Å². The van der Waals surface area contributed by atoms with Crippen molar-refractivity contribution in [2.45, 2.75) is 44.6 Å². The summed E-state index contributed by atoms with van der Waals surface area (Å²) in [5.41, 5.74) is 6.74. The van der Waals surface area contributed by atoms with Gasteiger partial charge in [-0.2, -0.15) is 0 Å². The molecule has 1 saturated carbocycles. The monoisotopic (exact) mass is 239 g/mol. The van der Waals surface area contributed by atoms with E-state index in [1.165, 1.54) is 25.0 Å². The van der Waals surface area contributed by atoms with Gasteiger partial charge in [0.25, 0.3) is 0 Å². The average molecular weight is 239 g/mol. The van der Waals surface area contributed by atoms with Crippen molar-refractivity contribution in [1.29, 1.82) is 0 Å². The zero-order chi connectivity index (χ0) is 12.3. The highest BCUT2D eigenvalue weighted by Gasteiger charge is 2.18. The van der Waals surface area contributed by atoms with E-state index in [-0.39, 0.29) is 6.04 Å². The number of benzene rings is 1. The normalized spacial score (nSPS) is 25.6. The van der Waals surface area contributed by atoms with Gasteiger partial charge in [-0.1, -0.05) is 19.3 Å². The Balaban J connectivity index is 2.03. The summed E-state index contributed by atoms with van der Waals surface area (Å²) < 4.78 is 26.1. The Morgan fingerprint density at radius 2 is 1.71 bits per heavy atom. The van der Waals surface area contributed by atoms with Gasteiger partial charge in [-0.15, -0.1) is 0 Å². The molecule has 1 aliphatic rings. The zero-order valence-corrected chi connectivity index (χ0v) is 9.96. The first-order chi connectivity index (χ1) is 8.13. The van der Waals surface area contributed by atoms with E-state index >= 15 is 0 Å². The summed E-state index contributed by atoms with van der Waals surface area (Å²) in [6.45, 7) is 0. The Morgan fingerprint density at radius 1 is 1.06 bits per heavy atom. The Kier molecular flexibility index (Phi) is 4.11. The van der Waals surface area contributed by atoms with E-state index < -0.39 is 11.6 Å². The predicted molar refractivity (Wildman–Crippen MR) is 64.6 cm³/mol. The molecule has 0 radical (unpaired) electrons. The minimum atomic E-state index is -0.488. The summed E-state index contributed by atoms with van der Waals surface area (Å²) in [4.78, 5) is 0. The molecule has 0 saturated heterocycles. The summed E-state index contributed by atoms with van der Waals surface area (Å²) in [6, 6.07) is 4.03. The van der Waals surface area contributed by atoms with Crippen molar-refractivity contribution in [3.05, 3.63) is 35.4 Å². The van der Waals surface area contributed by atoms with Gasteiger partial charge in [-0.05, 0) is 42.9 Å². The van der Waals surface area contributed by atoms with Gasteiger partial charge in [0.1, 0.15) is 11.6 Å². The third-order valence-electron chi connectivity index (χ3n) is 3.52. The lowest BCUT2D eigenvalue weighted by atomic mass is 9.91. The topological polar surface area (TPSA) is 26.0 Å². The lowest BCUT2D eigenvalue weighted by molar-refractivity contribution is 0.429. The van der Waals surface area contributed by atoms with Crippen LogP contribution >= 0.6 is 0 Å². The van der Waals surface area contributed by atoms with E-state index in [1.807, 2.05) is 0 Å². The number of rotatable bonds is 2. The molecular weight excluding hydrogens is 220 g/mol. The molecule has 1 aromatic rings. The highest BCUT2D eigenvalue weighted by molar-refractivity contribution is 5.18. The molecule has 0 bridgehead atoms. The molecule has 17 heavy (non-hydrogen) atoms. The molecule has 94 valence electrons. The second-order valence-electron chi connectivity index (χ2n) is 5.13. The summed E-state index contributed by atoms with van der Waals surface area (Å²) in [7, 11) is 0. The predicted octanol–water partition coefficient (Wildman–Crippen LogP) is 3.41. The van der Waals surface area contributed by atoms with Gasteiger partial charge in [-0.25, -0.2) is 8.78 Å². The Hall–Kier alpha value is -0.960. The van der Waals surface area contributed by atoms with E-state index in [2.05, 4.69) is 0 Å². The molecular formula is C14H19F2N. The maximum absolute atomic E-state index is 13.1. The maximum Gasteiger partial charge on any atom is 0.126 e. The Bertz CT molecular complexity index is 358. The Morgan fingerprint density at radius 3 is 2.41 bits per heavy atom. The summed E-state index contributed by atoms with van der Waals surface area (Å²) in [5, 5.41) is 0. The number of hydrogen-bond donors (Lipinski definition) is 1. The fraction of sp³-hybridized carbons (Fsp3) is 0.571. The molecule has 2 N–H and O–H groups in total. The molecule has 0 aliphatic heterocycles. The van der Waals surface area contributed by atoms with Crippen molar-refractivity contribution in [3.63, 3.8) is 0 Å². The third-order valence-corrected chi connectivity index (χ3v) is 3.52. The minimum absolute atomic E-state index is 0.251. The zero-order valence-electron chi connectivity index (χ0n) is 9.96. The van der Waals surface area contributed by atoms with Crippen molar-refractivity contribution in [1.82, 2.24) is 0 Å². The smallest absolute Gasteiger partial charge is 0.126 e. The fourth-order valence-corrected chi connectivity index (χ4v) is 2.75. The quantitative estimate of drug-likeness (QED) is 0.786. The van der Waals surface area contributed by atoms with Crippen LogP contribution < -0.4 is 5.73 Å². The highest BCUT2D eigenvalue weighted by atomic mass is 19.1. The van der Waals surface area contributed by atoms with E-state index in [4.69, 9.17) is 5.73 Å². The van der Waals surface area contributed by atoms with E-state index in [0.29, 0.717) is 5.92 Å². The lowest BCUT2D eigenvalue weighted by Gasteiger charge is -2.17. The van der Waals surface area contributed by atoms with Crippen LogP contribution in [0.2, 0.25) is 0 Å².